The molecule has 0 aliphatic rings. The smallest absolute Gasteiger partial charge is 0.348 e. The van der Waals surface area contributed by atoms with E-state index in [2.05, 4.69) is 9.97 Å². The maximum atomic E-state index is 12.2. The summed E-state index contributed by atoms with van der Waals surface area (Å²) in [6.07, 6.45) is -0.383. The van der Waals surface area contributed by atoms with Gasteiger partial charge in [0.15, 0.2) is 5.16 Å². The first-order valence-corrected chi connectivity index (χ1v) is 9.87. The minimum atomic E-state index is -0.402. The van der Waals surface area contributed by atoms with Gasteiger partial charge in [-0.15, -0.1) is 11.3 Å². The molecule has 0 aliphatic carbocycles. The minimum Gasteiger partial charge on any atom is -0.462 e. The zero-order valence-electron chi connectivity index (χ0n) is 14.6. The van der Waals surface area contributed by atoms with Gasteiger partial charge >= 0.3 is 11.9 Å². The van der Waals surface area contributed by atoms with Gasteiger partial charge in [0.2, 0.25) is 0 Å². The van der Waals surface area contributed by atoms with E-state index in [1.165, 1.54) is 11.3 Å². The number of hydrogen-bond donors (Lipinski definition) is 0. The Labute approximate surface area is 159 Å². The van der Waals surface area contributed by atoms with Crippen LogP contribution in [0.4, 0.5) is 0 Å². The Kier molecular flexibility index (Phi) is 6.65. The number of thioether (sulfide) groups is 1. The zero-order valence-corrected chi connectivity index (χ0v) is 17.0. The molecule has 0 aromatic carbocycles. The number of esters is 2. The van der Waals surface area contributed by atoms with Gasteiger partial charge in [-0.2, -0.15) is 0 Å². The predicted molar refractivity (Wildman–Crippen MR) is 99.7 cm³/mol. The molecule has 0 amide bonds. The number of aryl methyl sites for hydroxylation is 1. The van der Waals surface area contributed by atoms with E-state index in [1.807, 2.05) is 0 Å². The number of carbonyl (C=O) groups excluding carboxylic acids is 2. The second-order valence-corrected chi connectivity index (χ2v) is 8.11. The maximum Gasteiger partial charge on any atom is 0.348 e. The summed E-state index contributed by atoms with van der Waals surface area (Å²) in [7, 11) is 0. The number of aromatic nitrogens is 2. The summed E-state index contributed by atoms with van der Waals surface area (Å²) in [5, 5.41) is 1.25. The van der Waals surface area contributed by atoms with Crippen molar-refractivity contribution in [3.8, 4) is 0 Å². The monoisotopic (exact) mass is 402 g/mol. The first-order valence-electron chi connectivity index (χ1n) is 7.69. The van der Waals surface area contributed by atoms with E-state index < -0.39 is 5.97 Å². The summed E-state index contributed by atoms with van der Waals surface area (Å²) in [4.78, 5) is 33.5. The van der Waals surface area contributed by atoms with Crippen molar-refractivity contribution in [2.24, 2.45) is 0 Å². The van der Waals surface area contributed by atoms with Crippen molar-refractivity contribution >= 4 is 56.9 Å². The van der Waals surface area contributed by atoms with Crippen molar-refractivity contribution < 1.29 is 19.1 Å². The Morgan fingerprint density at radius 2 is 1.80 bits per heavy atom. The van der Waals surface area contributed by atoms with Crippen LogP contribution < -0.4 is 0 Å². The van der Waals surface area contributed by atoms with Gasteiger partial charge in [0.1, 0.15) is 14.9 Å². The normalized spacial score (nSPS) is 11.4. The van der Waals surface area contributed by atoms with Crippen LogP contribution in [0.1, 0.15) is 42.9 Å². The lowest BCUT2D eigenvalue weighted by atomic mass is 10.2. The molecule has 0 spiro atoms. The summed E-state index contributed by atoms with van der Waals surface area (Å²) < 4.78 is 10.3. The summed E-state index contributed by atoms with van der Waals surface area (Å²) in [5.74, 6) is -0.656. The first kappa shape index (κ1) is 19.9. The molecule has 9 heteroatoms. The molecule has 0 saturated carbocycles. The number of nitrogens with zero attached hydrogens (tertiary/aromatic N) is 2. The Bertz CT molecular complexity index is 805. The van der Waals surface area contributed by atoms with Crippen LogP contribution >= 0.6 is 34.7 Å². The van der Waals surface area contributed by atoms with Crippen LogP contribution in [-0.2, 0) is 14.3 Å². The number of halogens is 1. The molecule has 0 bridgehead atoms. The third-order valence-electron chi connectivity index (χ3n) is 2.94. The van der Waals surface area contributed by atoms with Crippen molar-refractivity contribution in [3.05, 3.63) is 15.6 Å². The van der Waals surface area contributed by atoms with Gasteiger partial charge in [-0.1, -0.05) is 23.4 Å². The molecule has 0 N–H and O–H groups in total. The first-order chi connectivity index (χ1) is 11.7. The number of thiophene rings is 1. The summed E-state index contributed by atoms with van der Waals surface area (Å²) in [5.41, 5.74) is 0.700. The van der Waals surface area contributed by atoms with Gasteiger partial charge < -0.3 is 9.47 Å². The molecule has 2 aromatic rings. The highest BCUT2D eigenvalue weighted by atomic mass is 35.5. The summed E-state index contributed by atoms with van der Waals surface area (Å²) in [6, 6.07) is 0. The number of rotatable bonds is 6. The van der Waals surface area contributed by atoms with Crippen molar-refractivity contribution in [2.45, 2.75) is 52.0 Å². The lowest BCUT2D eigenvalue weighted by Crippen LogP contribution is -2.13. The number of fused-ring (bicyclic) bond motifs is 1. The van der Waals surface area contributed by atoms with E-state index in [0.29, 0.717) is 25.8 Å². The van der Waals surface area contributed by atoms with E-state index in [4.69, 9.17) is 21.1 Å². The van der Waals surface area contributed by atoms with Gasteiger partial charge in [0.25, 0.3) is 0 Å². The lowest BCUT2D eigenvalue weighted by molar-refractivity contribution is -0.144. The SMILES string of the molecule is Cc1c(C(=O)OC(C)C)sc2nc(SCC(=O)OC(C)C)nc(Cl)c12. The fourth-order valence-electron chi connectivity index (χ4n) is 2.02. The molecule has 0 radical (unpaired) electrons. The molecule has 2 aromatic heterocycles. The minimum absolute atomic E-state index is 0.0899. The van der Waals surface area contributed by atoms with E-state index in [1.54, 1.807) is 34.6 Å². The highest BCUT2D eigenvalue weighted by molar-refractivity contribution is 7.99. The third-order valence-corrected chi connectivity index (χ3v) is 5.20. The average Bonchev–Trinajstić information content (AvgIpc) is 2.81. The van der Waals surface area contributed by atoms with Gasteiger partial charge in [-0.25, -0.2) is 14.8 Å². The van der Waals surface area contributed by atoms with Crippen molar-refractivity contribution in [1.29, 1.82) is 0 Å². The number of carbonyl (C=O) groups is 2. The van der Waals surface area contributed by atoms with Crippen LogP contribution in [0.25, 0.3) is 10.2 Å². The van der Waals surface area contributed by atoms with Gasteiger partial charge in [-0.3, -0.25) is 4.79 Å². The lowest BCUT2D eigenvalue weighted by Gasteiger charge is -2.07. The Morgan fingerprint density at radius 1 is 1.16 bits per heavy atom. The molecule has 0 unspecified atom stereocenters. The predicted octanol–water partition coefficient (Wildman–Crippen LogP) is 4.26. The molecule has 2 heterocycles. The fourth-order valence-corrected chi connectivity index (χ4v) is 4.18. The van der Waals surface area contributed by atoms with E-state index in [9.17, 15) is 9.59 Å². The van der Waals surface area contributed by atoms with E-state index in [-0.39, 0.29) is 29.1 Å². The molecule has 2 rings (SSSR count). The van der Waals surface area contributed by atoms with Crippen LogP contribution in [0.5, 0.6) is 0 Å². The molecule has 6 nitrogen and oxygen atoms in total. The Morgan fingerprint density at radius 3 is 2.40 bits per heavy atom. The topological polar surface area (TPSA) is 78.4 Å². The molecular weight excluding hydrogens is 384 g/mol. The molecule has 136 valence electrons. The highest BCUT2D eigenvalue weighted by Crippen LogP contribution is 2.35. The van der Waals surface area contributed by atoms with E-state index >= 15 is 0 Å². The van der Waals surface area contributed by atoms with Crippen molar-refractivity contribution in [3.63, 3.8) is 0 Å². The maximum absolute atomic E-state index is 12.2. The molecule has 25 heavy (non-hydrogen) atoms. The molecule has 0 fully saturated rings. The number of ether oxygens (including phenoxy) is 2. The number of hydrogen-bond acceptors (Lipinski definition) is 8. The molecule has 0 saturated heterocycles. The van der Waals surface area contributed by atoms with Gasteiger partial charge in [0, 0.05) is 0 Å². The Hall–Kier alpha value is -1.38. The van der Waals surface area contributed by atoms with Crippen molar-refractivity contribution in [2.75, 3.05) is 5.75 Å². The average molecular weight is 403 g/mol. The van der Waals surface area contributed by atoms with Crippen LogP contribution in [0.2, 0.25) is 5.15 Å². The fraction of sp³-hybridized carbons (Fsp3) is 0.500. The molecular formula is C16H19ClN2O4S2. The second kappa shape index (κ2) is 8.33. The Balaban J connectivity index is 2.26. The quantitative estimate of drug-likeness (QED) is 0.309. The molecule has 0 atom stereocenters. The largest absolute Gasteiger partial charge is 0.462 e. The summed E-state index contributed by atoms with van der Waals surface area (Å²) in [6.45, 7) is 8.94. The standard InChI is InChI=1S/C16H19ClN2O4S2/c1-7(2)22-10(20)6-24-16-18-13(17)11-9(5)12(25-14(11)19-16)15(21)23-8(3)4/h7-8H,6H2,1-5H3. The van der Waals surface area contributed by atoms with Crippen LogP contribution in [0.15, 0.2) is 5.16 Å². The summed E-state index contributed by atoms with van der Waals surface area (Å²) >= 11 is 8.62. The van der Waals surface area contributed by atoms with Gasteiger partial charge in [0.05, 0.1) is 23.3 Å². The molecule has 0 aliphatic heterocycles. The van der Waals surface area contributed by atoms with E-state index in [0.717, 1.165) is 11.8 Å². The second-order valence-electron chi connectivity index (χ2n) is 5.81. The third kappa shape index (κ3) is 5.05. The van der Waals surface area contributed by atoms with Gasteiger partial charge in [-0.05, 0) is 40.2 Å². The zero-order chi connectivity index (χ0) is 18.7. The van der Waals surface area contributed by atoms with Crippen molar-refractivity contribution in [1.82, 2.24) is 9.97 Å². The van der Waals surface area contributed by atoms with Crippen LogP contribution in [-0.4, -0.2) is 39.9 Å². The van der Waals surface area contributed by atoms with Crippen LogP contribution in [0.3, 0.4) is 0 Å². The van der Waals surface area contributed by atoms with Crippen LogP contribution in [0, 0.1) is 6.92 Å². The highest BCUT2D eigenvalue weighted by Gasteiger charge is 2.22.